The maximum Gasteiger partial charge on any atom is 0.434 e. The zero-order valence-electron chi connectivity index (χ0n) is 51.7. The molecule has 10 aliphatic carbocycles. The van der Waals surface area contributed by atoms with E-state index in [2.05, 4.69) is 62.8 Å². The van der Waals surface area contributed by atoms with Gasteiger partial charge in [-0.25, -0.2) is 28.8 Å². The molecule has 11 fully saturated rings. The zero-order valence-corrected chi connectivity index (χ0v) is 51.7. The Hall–Kier alpha value is -5.90. The summed E-state index contributed by atoms with van der Waals surface area (Å²) in [7, 11) is 0. The van der Waals surface area contributed by atoms with Gasteiger partial charge in [0.2, 0.25) is 0 Å². The molecular weight excluding hydrogens is 1180 g/mol. The van der Waals surface area contributed by atoms with Gasteiger partial charge >= 0.3 is 60.3 Å². The van der Waals surface area contributed by atoms with E-state index in [0.29, 0.717) is 46.0 Å². The van der Waals surface area contributed by atoms with Gasteiger partial charge in [0.15, 0.2) is 6.61 Å². The normalized spacial score (nSPS) is 31.5. The Kier molecular flexibility index (Phi) is 24.3. The van der Waals surface area contributed by atoms with Crippen LogP contribution in [0.5, 0.6) is 0 Å². The quantitative estimate of drug-likeness (QED) is 0.0734. The Morgan fingerprint density at radius 3 is 1.48 bits per heavy atom. The number of fused-ring (bicyclic) bond motifs is 6. The van der Waals surface area contributed by atoms with Crippen LogP contribution in [0.25, 0.3) is 0 Å². The van der Waals surface area contributed by atoms with E-state index in [0.717, 1.165) is 75.0 Å². The number of halogens is 9. The van der Waals surface area contributed by atoms with E-state index in [1.165, 1.54) is 77.6 Å². The van der Waals surface area contributed by atoms with Gasteiger partial charge in [-0.2, -0.15) is 39.5 Å². The lowest BCUT2D eigenvalue weighted by Gasteiger charge is -2.59. The van der Waals surface area contributed by atoms with Gasteiger partial charge in [-0.3, -0.25) is 4.79 Å². The monoisotopic (exact) mass is 1260 g/mol. The molecule has 11 rings (SSSR count). The molecule has 0 aromatic rings. The zero-order chi connectivity index (χ0) is 66.3. The van der Waals surface area contributed by atoms with Gasteiger partial charge in [0.1, 0.15) is 29.5 Å². The van der Waals surface area contributed by atoms with Gasteiger partial charge in [0.05, 0.1) is 5.92 Å². The minimum atomic E-state index is -5.69. The Morgan fingerprint density at radius 1 is 0.545 bits per heavy atom. The van der Waals surface area contributed by atoms with Crippen LogP contribution in [0.4, 0.5) is 39.5 Å². The van der Waals surface area contributed by atoms with Crippen molar-refractivity contribution in [1.29, 1.82) is 0 Å². The van der Waals surface area contributed by atoms with Gasteiger partial charge in [0, 0.05) is 45.3 Å². The molecule has 0 spiro atoms. The molecule has 0 aromatic carbocycles. The second-order valence-corrected chi connectivity index (χ2v) is 26.1. The van der Waals surface area contributed by atoms with Crippen LogP contribution in [0.1, 0.15) is 165 Å². The largest absolute Gasteiger partial charge is 0.459 e. The van der Waals surface area contributed by atoms with Crippen LogP contribution in [0.15, 0.2) is 72.9 Å². The Labute approximate surface area is 509 Å². The van der Waals surface area contributed by atoms with E-state index >= 15 is 0 Å². The van der Waals surface area contributed by atoms with Crippen molar-refractivity contribution < 1.29 is 106 Å². The highest BCUT2D eigenvalue weighted by Gasteiger charge is 2.64. The molecule has 23 heteroatoms. The van der Waals surface area contributed by atoms with Gasteiger partial charge in [-0.1, -0.05) is 52.8 Å². The fourth-order valence-electron chi connectivity index (χ4n) is 14.9. The van der Waals surface area contributed by atoms with E-state index in [4.69, 9.17) is 23.7 Å². The number of alkyl halides is 9. The summed E-state index contributed by atoms with van der Waals surface area (Å²) >= 11 is 0. The minimum absolute atomic E-state index is 0.0470. The van der Waals surface area contributed by atoms with Crippen molar-refractivity contribution in [3.63, 3.8) is 0 Å². The van der Waals surface area contributed by atoms with Gasteiger partial charge in [-0.15, -0.1) is 0 Å². The molecule has 10 unspecified atom stereocenters. The SMILES string of the molecule is C=C(C)C(=O)OC(C(F)(F)F)C(F)(F)F.C=C(C)C(=O)OC1(C)C2CC3CC(C2)CC1C3.C=C(C)C(=O)OC1(CC)CCCC1.C=C(C)C(=O)OC1C2CC3C(=O)OC1C3C2.C=C(C)C(=O)OC1CC2CC1C1CCCC21.C=C(C)C(=O)OCC(F)(F)F. The average molecular weight is 1260 g/mol. The first kappa shape index (κ1) is 72.8. The number of hydrogen-bond acceptors (Lipinski definition) is 14. The van der Waals surface area contributed by atoms with Crippen molar-refractivity contribution in [2.75, 3.05) is 6.61 Å². The molecule has 8 bridgehead atoms. The summed E-state index contributed by atoms with van der Waals surface area (Å²) in [5.41, 5.74) is 0.983. The van der Waals surface area contributed by atoms with Crippen LogP contribution in [0, 0.1) is 65.1 Å². The molecule has 1 aliphatic heterocycles. The number of rotatable bonds is 13. The molecular formula is C65H87F9O14. The lowest BCUT2D eigenvalue weighted by atomic mass is 9.50. The summed E-state index contributed by atoms with van der Waals surface area (Å²) in [4.78, 5) is 78.5. The van der Waals surface area contributed by atoms with Crippen LogP contribution < -0.4 is 0 Å². The molecule has 494 valence electrons. The smallest absolute Gasteiger partial charge is 0.434 e. The van der Waals surface area contributed by atoms with Crippen LogP contribution in [-0.2, 0) is 66.7 Å². The molecule has 10 saturated carbocycles. The molecule has 0 amide bonds. The van der Waals surface area contributed by atoms with Gasteiger partial charge in [-0.05, 0) is 199 Å². The molecule has 0 aromatic heterocycles. The summed E-state index contributed by atoms with van der Waals surface area (Å²) in [6.07, 6.45) is 0.00125. The maximum absolute atomic E-state index is 11.8. The Balaban J connectivity index is 0.000000194. The lowest BCUT2D eigenvalue weighted by molar-refractivity contribution is -0.312. The maximum atomic E-state index is 11.8. The molecule has 14 nitrogen and oxygen atoms in total. The predicted octanol–water partition coefficient (Wildman–Crippen LogP) is 14.4. The van der Waals surface area contributed by atoms with Crippen molar-refractivity contribution >= 4 is 41.8 Å². The van der Waals surface area contributed by atoms with Crippen molar-refractivity contribution in [3.8, 4) is 0 Å². The molecule has 0 N–H and O–H groups in total. The fraction of sp³-hybridized carbons (Fsp3) is 0.708. The van der Waals surface area contributed by atoms with E-state index in [9.17, 15) is 73.1 Å². The van der Waals surface area contributed by atoms with E-state index in [-0.39, 0.29) is 76.8 Å². The Morgan fingerprint density at radius 2 is 1.01 bits per heavy atom. The third kappa shape index (κ3) is 18.6. The summed E-state index contributed by atoms with van der Waals surface area (Å²) in [6.45, 7) is 32.2. The second kappa shape index (κ2) is 29.4. The molecule has 10 atom stereocenters. The van der Waals surface area contributed by atoms with Crippen LogP contribution in [-0.4, -0.2) is 103 Å². The van der Waals surface area contributed by atoms with E-state index < -0.39 is 48.8 Å². The molecule has 88 heavy (non-hydrogen) atoms. The van der Waals surface area contributed by atoms with Crippen molar-refractivity contribution in [2.24, 2.45) is 65.1 Å². The first-order valence-corrected chi connectivity index (χ1v) is 30.2. The summed E-state index contributed by atoms with van der Waals surface area (Å²) in [5.74, 6) is 3.14. The summed E-state index contributed by atoms with van der Waals surface area (Å²) in [6, 6.07) is 0. The molecule has 1 saturated heterocycles. The third-order valence-corrected chi connectivity index (χ3v) is 19.1. The number of ether oxygens (including phenoxy) is 7. The standard InChI is InChI=1S/C15H22O2.C14H20O2.C12H14O4.C11H18O2.C7H6F6O2.C6H7F3O2/c1-9(2)14(16)17-15(3)12-5-10-4-11(7-12)8-13(15)6-10;1-8(2)14(15)16-13-7-9-6-12(13)11-5-3-4-10(9)11;1-5(2)11(13)15-9-6-3-7-8(4-6)12(14)16-10(7)9;1-4-11(7-5-6-8-11)13-10(12)9(2)3;1-3(2)4(14)15-5(6(8,9)10)7(11,12)13;1-4(2)5(10)11-3-6(7,8)9/h10-13H,1,4-8H2,2-3H3;9-13H,1,3-7H2,2H3;6-10H,1,3-4H2,2H3;2,4-8H2,1,3H3;5H,1H2,2H3;1,3H2,2H3. The topological polar surface area (TPSA) is 184 Å². The van der Waals surface area contributed by atoms with Crippen molar-refractivity contribution in [2.45, 2.75) is 219 Å². The first-order valence-electron chi connectivity index (χ1n) is 30.2. The fourth-order valence-corrected chi connectivity index (χ4v) is 14.9. The minimum Gasteiger partial charge on any atom is -0.459 e. The third-order valence-electron chi connectivity index (χ3n) is 19.1. The average Bonchev–Trinajstić information content (AvgIpc) is 1.29. The van der Waals surface area contributed by atoms with Gasteiger partial charge < -0.3 is 33.2 Å². The van der Waals surface area contributed by atoms with Crippen LogP contribution in [0.2, 0.25) is 0 Å². The highest BCUT2D eigenvalue weighted by molar-refractivity contribution is 5.89. The predicted molar refractivity (Wildman–Crippen MR) is 303 cm³/mol. The van der Waals surface area contributed by atoms with E-state index in [1.807, 2.05) is 0 Å². The molecule has 0 radical (unpaired) electrons. The molecule has 11 aliphatic rings. The summed E-state index contributed by atoms with van der Waals surface area (Å²) in [5, 5.41) is 0. The van der Waals surface area contributed by atoms with Crippen molar-refractivity contribution in [1.82, 2.24) is 0 Å². The number of carbonyl (C=O) groups is 7. The highest BCUT2D eigenvalue weighted by Crippen LogP contribution is 2.61. The number of carbonyl (C=O) groups excluding carboxylic acids is 7. The summed E-state index contributed by atoms with van der Waals surface area (Å²) < 4.78 is 140. The van der Waals surface area contributed by atoms with Crippen LogP contribution in [0.3, 0.4) is 0 Å². The van der Waals surface area contributed by atoms with Crippen molar-refractivity contribution in [3.05, 3.63) is 72.9 Å². The first-order chi connectivity index (χ1) is 40.6. The van der Waals surface area contributed by atoms with E-state index in [1.54, 1.807) is 27.7 Å². The van der Waals surface area contributed by atoms with Gasteiger partial charge in [0.25, 0.3) is 6.10 Å². The Bertz CT molecular complexity index is 2620. The second-order valence-electron chi connectivity index (χ2n) is 26.1. The van der Waals surface area contributed by atoms with Crippen LogP contribution >= 0.6 is 0 Å². The number of esters is 7. The lowest BCUT2D eigenvalue weighted by Crippen LogP contribution is -2.58. The highest BCUT2D eigenvalue weighted by atomic mass is 19.4. The number of hydrogen-bond donors (Lipinski definition) is 0. The molecule has 1 heterocycles.